The molecule has 3 rings (SSSR count). The molecule has 3 unspecified atom stereocenters. The number of carbonyl (C=O) groups excluding carboxylic acids is 1. The topological polar surface area (TPSA) is 58.6 Å². The molecular formula is C21H28N4O2. The summed E-state index contributed by atoms with van der Waals surface area (Å²) in [5.74, 6) is 1.37. The monoisotopic (exact) mass is 368 g/mol. The van der Waals surface area contributed by atoms with Crippen molar-refractivity contribution in [3.63, 3.8) is 0 Å². The molecule has 144 valence electrons. The number of aromatic nitrogens is 2. The van der Waals surface area contributed by atoms with Crippen molar-refractivity contribution in [2.75, 3.05) is 18.0 Å². The zero-order chi connectivity index (χ0) is 19.2. The first-order valence-electron chi connectivity index (χ1n) is 9.58. The molecule has 6 nitrogen and oxygen atoms in total. The maximum atomic E-state index is 11.4. The number of rotatable bonds is 7. The van der Waals surface area contributed by atoms with Gasteiger partial charge in [-0.25, -0.2) is 9.97 Å². The Morgan fingerprint density at radius 2 is 1.78 bits per heavy atom. The van der Waals surface area contributed by atoms with E-state index in [1.807, 2.05) is 30.3 Å². The Morgan fingerprint density at radius 1 is 1.15 bits per heavy atom. The summed E-state index contributed by atoms with van der Waals surface area (Å²) in [5, 5.41) is 0. The number of anilines is 1. The molecule has 0 amide bonds. The van der Waals surface area contributed by atoms with Gasteiger partial charge in [-0.15, -0.1) is 0 Å². The van der Waals surface area contributed by atoms with Gasteiger partial charge < -0.3 is 14.4 Å². The van der Waals surface area contributed by atoms with E-state index in [9.17, 15) is 4.79 Å². The minimum Gasteiger partial charge on any atom is -0.486 e. The number of ether oxygens (including phenoxy) is 1. The number of piperazine rings is 1. The summed E-state index contributed by atoms with van der Waals surface area (Å²) in [6.07, 6.45) is 5.36. The van der Waals surface area contributed by atoms with E-state index in [4.69, 9.17) is 4.74 Å². The number of aldehydes is 1. The summed E-state index contributed by atoms with van der Waals surface area (Å²) < 4.78 is 5.76. The lowest BCUT2D eigenvalue weighted by molar-refractivity contribution is -0.114. The van der Waals surface area contributed by atoms with E-state index in [2.05, 4.69) is 40.5 Å². The number of benzene rings is 1. The first-order valence-corrected chi connectivity index (χ1v) is 9.58. The third kappa shape index (κ3) is 4.63. The molecule has 0 N–H and O–H groups in total. The maximum absolute atomic E-state index is 11.4. The van der Waals surface area contributed by atoms with Gasteiger partial charge in [-0.1, -0.05) is 37.3 Å². The minimum absolute atomic E-state index is 0.0215. The van der Waals surface area contributed by atoms with Crippen molar-refractivity contribution in [3.8, 4) is 5.75 Å². The van der Waals surface area contributed by atoms with Gasteiger partial charge in [0.15, 0.2) is 5.75 Å². The van der Waals surface area contributed by atoms with Crippen LogP contribution in [0.4, 0.5) is 5.95 Å². The van der Waals surface area contributed by atoms with Gasteiger partial charge in [0.25, 0.3) is 0 Å². The van der Waals surface area contributed by atoms with Crippen LogP contribution >= 0.6 is 0 Å². The molecule has 2 aromatic rings. The van der Waals surface area contributed by atoms with Crippen LogP contribution in [0.15, 0.2) is 42.7 Å². The fourth-order valence-electron chi connectivity index (χ4n) is 3.82. The minimum atomic E-state index is -0.0215. The van der Waals surface area contributed by atoms with E-state index in [0.717, 1.165) is 31.4 Å². The van der Waals surface area contributed by atoms with Crippen LogP contribution in [-0.2, 0) is 11.4 Å². The molecule has 0 radical (unpaired) electrons. The van der Waals surface area contributed by atoms with Crippen molar-refractivity contribution in [3.05, 3.63) is 48.3 Å². The molecule has 1 aromatic heterocycles. The fraction of sp³-hybridized carbons (Fsp3) is 0.476. The predicted octanol–water partition coefficient (Wildman–Crippen LogP) is 2.93. The Kier molecular flexibility index (Phi) is 6.40. The van der Waals surface area contributed by atoms with Crippen LogP contribution in [0, 0.1) is 0 Å². The summed E-state index contributed by atoms with van der Waals surface area (Å²) in [4.78, 5) is 24.9. The van der Waals surface area contributed by atoms with Crippen molar-refractivity contribution >= 4 is 12.2 Å². The Hall–Kier alpha value is -2.47. The van der Waals surface area contributed by atoms with Gasteiger partial charge in [0, 0.05) is 25.2 Å². The molecule has 27 heavy (non-hydrogen) atoms. The molecule has 6 heteroatoms. The molecule has 0 saturated carbocycles. The third-order valence-electron chi connectivity index (χ3n) is 5.09. The highest BCUT2D eigenvalue weighted by Crippen LogP contribution is 2.23. The number of carbonyl (C=O) groups is 1. The predicted molar refractivity (Wildman–Crippen MR) is 106 cm³/mol. The van der Waals surface area contributed by atoms with Gasteiger partial charge in [0.1, 0.15) is 12.9 Å². The largest absolute Gasteiger partial charge is 0.486 e. The summed E-state index contributed by atoms with van der Waals surface area (Å²) in [6, 6.07) is 10.5. The average molecular weight is 368 g/mol. The third-order valence-corrected chi connectivity index (χ3v) is 5.09. The smallest absolute Gasteiger partial charge is 0.225 e. The van der Waals surface area contributed by atoms with Gasteiger partial charge in [-0.05, 0) is 25.8 Å². The Balaban J connectivity index is 1.61. The molecular weight excluding hydrogens is 340 g/mol. The van der Waals surface area contributed by atoms with E-state index in [1.165, 1.54) is 0 Å². The molecule has 1 aliphatic rings. The molecule has 0 spiro atoms. The highest BCUT2D eigenvalue weighted by atomic mass is 16.5. The van der Waals surface area contributed by atoms with E-state index in [0.29, 0.717) is 18.3 Å². The molecule has 1 aromatic carbocycles. The number of hydrogen-bond acceptors (Lipinski definition) is 6. The highest BCUT2D eigenvalue weighted by Gasteiger charge is 2.34. The first-order chi connectivity index (χ1) is 13.1. The van der Waals surface area contributed by atoms with E-state index in [1.54, 1.807) is 12.4 Å². The van der Waals surface area contributed by atoms with Crippen LogP contribution in [0.25, 0.3) is 0 Å². The number of nitrogens with zero attached hydrogens (tertiary/aromatic N) is 4. The molecule has 0 aliphatic carbocycles. The summed E-state index contributed by atoms with van der Waals surface area (Å²) in [5.41, 5.74) is 1.11. The van der Waals surface area contributed by atoms with Gasteiger partial charge >= 0.3 is 0 Å². The molecule has 1 aliphatic heterocycles. The van der Waals surface area contributed by atoms with Gasteiger partial charge in [-0.3, -0.25) is 4.90 Å². The lowest BCUT2D eigenvalue weighted by Gasteiger charge is -2.46. The van der Waals surface area contributed by atoms with Gasteiger partial charge in [0.05, 0.1) is 18.4 Å². The Labute approximate surface area is 161 Å². The van der Waals surface area contributed by atoms with E-state index >= 15 is 0 Å². The van der Waals surface area contributed by atoms with Crippen LogP contribution < -0.4 is 9.64 Å². The second-order valence-electron chi connectivity index (χ2n) is 7.15. The second kappa shape index (κ2) is 8.95. The van der Waals surface area contributed by atoms with Gasteiger partial charge in [-0.2, -0.15) is 0 Å². The SMILES string of the molecule is CCC(C=O)N1C(C)CN(c2ncc(OCc3ccccc3)cn2)CC1C. The maximum Gasteiger partial charge on any atom is 0.225 e. The van der Waals surface area contributed by atoms with Crippen molar-refractivity contribution in [2.24, 2.45) is 0 Å². The lowest BCUT2D eigenvalue weighted by Crippen LogP contribution is -2.60. The van der Waals surface area contributed by atoms with Crippen molar-refractivity contribution in [1.29, 1.82) is 0 Å². The van der Waals surface area contributed by atoms with Crippen molar-refractivity contribution in [1.82, 2.24) is 14.9 Å². The number of hydrogen-bond donors (Lipinski definition) is 0. The summed E-state index contributed by atoms with van der Waals surface area (Å²) in [6.45, 7) is 8.48. The Morgan fingerprint density at radius 3 is 2.33 bits per heavy atom. The average Bonchev–Trinajstić information content (AvgIpc) is 2.70. The summed E-state index contributed by atoms with van der Waals surface area (Å²) >= 11 is 0. The van der Waals surface area contributed by atoms with Gasteiger partial charge in [0.2, 0.25) is 5.95 Å². The molecule has 1 saturated heterocycles. The van der Waals surface area contributed by atoms with Crippen LogP contribution in [0.1, 0.15) is 32.8 Å². The van der Waals surface area contributed by atoms with Crippen LogP contribution in [0.2, 0.25) is 0 Å². The highest BCUT2D eigenvalue weighted by molar-refractivity contribution is 5.57. The lowest BCUT2D eigenvalue weighted by atomic mass is 10.0. The van der Waals surface area contributed by atoms with Crippen molar-refractivity contribution in [2.45, 2.75) is 51.9 Å². The molecule has 0 bridgehead atoms. The zero-order valence-corrected chi connectivity index (χ0v) is 16.3. The molecule has 2 heterocycles. The zero-order valence-electron chi connectivity index (χ0n) is 16.3. The first kappa shape index (κ1) is 19.3. The van der Waals surface area contributed by atoms with E-state index < -0.39 is 0 Å². The second-order valence-corrected chi connectivity index (χ2v) is 7.15. The van der Waals surface area contributed by atoms with Crippen LogP contribution in [0.5, 0.6) is 5.75 Å². The quantitative estimate of drug-likeness (QED) is 0.701. The van der Waals surface area contributed by atoms with Crippen LogP contribution in [-0.4, -0.2) is 52.4 Å². The molecule has 3 atom stereocenters. The Bertz CT molecular complexity index is 711. The van der Waals surface area contributed by atoms with Crippen molar-refractivity contribution < 1.29 is 9.53 Å². The molecule has 1 fully saturated rings. The fourth-order valence-corrected chi connectivity index (χ4v) is 3.82. The standard InChI is InChI=1S/C21H28N4O2/c1-4-19(14-26)25-16(2)12-24(13-17(25)3)21-22-10-20(11-23-21)27-15-18-8-6-5-7-9-18/h5-11,14,16-17,19H,4,12-13,15H2,1-3H3. The summed E-state index contributed by atoms with van der Waals surface area (Å²) in [7, 11) is 0. The van der Waals surface area contributed by atoms with Crippen LogP contribution in [0.3, 0.4) is 0 Å². The normalized spacial score (nSPS) is 21.7. The van der Waals surface area contributed by atoms with E-state index in [-0.39, 0.29) is 18.1 Å².